The molecular formula is C7H9ClN4O. The Bertz CT molecular complexity index is 324. The van der Waals surface area contributed by atoms with Crippen LogP contribution in [0.15, 0.2) is 16.7 Å². The van der Waals surface area contributed by atoms with Gasteiger partial charge in [-0.3, -0.25) is 0 Å². The zero-order chi connectivity index (χ0) is 9.26. The van der Waals surface area contributed by atoms with Crippen molar-refractivity contribution in [2.45, 2.75) is 11.9 Å². The Hall–Kier alpha value is -1.07. The molecule has 0 aliphatic carbocycles. The number of hydrogen-bond acceptors (Lipinski definition) is 5. The molecule has 0 amide bonds. The summed E-state index contributed by atoms with van der Waals surface area (Å²) >= 11 is 5.53. The molecule has 1 aromatic rings. The molecule has 0 spiro atoms. The van der Waals surface area contributed by atoms with Crippen LogP contribution in [0.4, 0.5) is 0 Å². The van der Waals surface area contributed by atoms with Gasteiger partial charge < -0.3 is 9.43 Å². The largest absolute Gasteiger partial charge is 0.422 e. The molecule has 13 heavy (non-hydrogen) atoms. The van der Waals surface area contributed by atoms with E-state index in [4.69, 9.17) is 16.0 Å². The van der Waals surface area contributed by atoms with Crippen molar-refractivity contribution in [2.75, 3.05) is 7.05 Å². The van der Waals surface area contributed by atoms with Crippen molar-refractivity contribution in [1.82, 2.24) is 20.6 Å². The van der Waals surface area contributed by atoms with E-state index in [1.165, 1.54) is 0 Å². The van der Waals surface area contributed by atoms with Crippen molar-refractivity contribution in [2.24, 2.45) is 0 Å². The maximum absolute atomic E-state index is 5.53. The van der Waals surface area contributed by atoms with E-state index in [0.717, 1.165) is 0 Å². The van der Waals surface area contributed by atoms with Crippen molar-refractivity contribution < 1.29 is 4.42 Å². The number of nitrogens with zero attached hydrogens (tertiary/aromatic N) is 3. The van der Waals surface area contributed by atoms with Crippen molar-refractivity contribution in [1.29, 1.82) is 0 Å². The molecule has 1 N–H and O–H groups in total. The molecule has 70 valence electrons. The number of hydrogen-bond donors (Lipinski definition) is 1. The molecule has 1 unspecified atom stereocenters. The Morgan fingerprint density at radius 1 is 1.69 bits per heavy atom. The molecule has 2 rings (SSSR count). The zero-order valence-electron chi connectivity index (χ0n) is 7.07. The quantitative estimate of drug-likeness (QED) is 0.717. The standard InChI is InChI=1S/C7H9ClN4O/c1-12-3-2-5(11-12)7-10-9-6(4-8)13-7/h2-3,5,11H,4H2,1H3. The summed E-state index contributed by atoms with van der Waals surface area (Å²) in [6.07, 6.45) is 3.83. The van der Waals surface area contributed by atoms with Crippen LogP contribution in [0, 0.1) is 0 Å². The van der Waals surface area contributed by atoms with Crippen molar-refractivity contribution in [3.63, 3.8) is 0 Å². The van der Waals surface area contributed by atoms with E-state index in [2.05, 4.69) is 15.6 Å². The minimum atomic E-state index is -0.0329. The first kappa shape index (κ1) is 8.52. The lowest BCUT2D eigenvalue weighted by atomic mass is 10.3. The van der Waals surface area contributed by atoms with E-state index >= 15 is 0 Å². The second-order valence-corrected chi connectivity index (χ2v) is 2.99. The van der Waals surface area contributed by atoms with Crippen molar-refractivity contribution in [3.05, 3.63) is 24.1 Å². The van der Waals surface area contributed by atoms with Gasteiger partial charge in [-0.2, -0.15) is 0 Å². The molecule has 0 saturated heterocycles. The van der Waals surface area contributed by atoms with Crippen LogP contribution in [0.5, 0.6) is 0 Å². The molecule has 1 atom stereocenters. The Kier molecular flexibility index (Phi) is 2.20. The molecule has 0 bridgehead atoms. The molecule has 2 heterocycles. The van der Waals surface area contributed by atoms with Gasteiger partial charge in [-0.15, -0.1) is 21.8 Å². The van der Waals surface area contributed by atoms with E-state index in [-0.39, 0.29) is 11.9 Å². The third kappa shape index (κ3) is 1.66. The summed E-state index contributed by atoms with van der Waals surface area (Å²) in [7, 11) is 1.90. The summed E-state index contributed by atoms with van der Waals surface area (Å²) in [6.45, 7) is 0. The summed E-state index contributed by atoms with van der Waals surface area (Å²) < 4.78 is 5.27. The number of halogens is 1. The van der Waals surface area contributed by atoms with E-state index in [1.807, 2.05) is 24.3 Å². The Labute approximate surface area is 80.3 Å². The van der Waals surface area contributed by atoms with Crippen LogP contribution in [0.25, 0.3) is 0 Å². The molecule has 0 radical (unpaired) electrons. The number of nitrogens with one attached hydrogen (secondary N) is 1. The first-order chi connectivity index (χ1) is 6.29. The van der Waals surface area contributed by atoms with Crippen LogP contribution in [0.2, 0.25) is 0 Å². The maximum atomic E-state index is 5.53. The Morgan fingerprint density at radius 2 is 2.54 bits per heavy atom. The van der Waals surface area contributed by atoms with Gasteiger partial charge in [-0.1, -0.05) is 0 Å². The SMILES string of the molecule is CN1C=CC(c2nnc(CCl)o2)N1. The van der Waals surface area contributed by atoms with Gasteiger partial charge in [0.05, 0.1) is 0 Å². The summed E-state index contributed by atoms with van der Waals surface area (Å²) in [4.78, 5) is 0. The van der Waals surface area contributed by atoms with Gasteiger partial charge in [0.15, 0.2) is 0 Å². The minimum Gasteiger partial charge on any atom is -0.422 e. The van der Waals surface area contributed by atoms with Gasteiger partial charge in [-0.25, -0.2) is 5.43 Å². The predicted octanol–water partition coefficient (Wildman–Crippen LogP) is 0.813. The van der Waals surface area contributed by atoms with E-state index in [1.54, 1.807) is 0 Å². The van der Waals surface area contributed by atoms with Gasteiger partial charge >= 0.3 is 0 Å². The van der Waals surface area contributed by atoms with Gasteiger partial charge in [-0.05, 0) is 6.08 Å². The topological polar surface area (TPSA) is 54.2 Å². The first-order valence-corrected chi connectivity index (χ1v) is 4.38. The fourth-order valence-electron chi connectivity index (χ4n) is 1.10. The van der Waals surface area contributed by atoms with Gasteiger partial charge in [0, 0.05) is 13.2 Å². The lowest BCUT2D eigenvalue weighted by Crippen LogP contribution is -2.27. The molecule has 5 nitrogen and oxygen atoms in total. The summed E-state index contributed by atoms with van der Waals surface area (Å²) in [6, 6.07) is -0.0329. The van der Waals surface area contributed by atoms with E-state index in [0.29, 0.717) is 11.8 Å². The highest BCUT2D eigenvalue weighted by atomic mass is 35.5. The maximum Gasteiger partial charge on any atom is 0.239 e. The monoisotopic (exact) mass is 200 g/mol. The molecule has 0 fully saturated rings. The fraction of sp³-hybridized carbons (Fsp3) is 0.429. The second kappa shape index (κ2) is 3.35. The predicted molar refractivity (Wildman–Crippen MR) is 46.6 cm³/mol. The highest BCUT2D eigenvalue weighted by molar-refractivity contribution is 6.16. The molecular weight excluding hydrogens is 192 g/mol. The number of aromatic nitrogens is 2. The molecule has 1 aliphatic rings. The van der Waals surface area contributed by atoms with Crippen LogP contribution in [0.1, 0.15) is 17.8 Å². The van der Waals surface area contributed by atoms with E-state index in [9.17, 15) is 0 Å². The third-order valence-corrected chi connectivity index (χ3v) is 1.94. The van der Waals surface area contributed by atoms with Gasteiger partial charge in [0.1, 0.15) is 11.9 Å². The normalized spacial score (nSPS) is 21.4. The average Bonchev–Trinajstić information content (AvgIpc) is 2.71. The minimum absolute atomic E-state index is 0.0329. The first-order valence-electron chi connectivity index (χ1n) is 3.85. The van der Waals surface area contributed by atoms with E-state index < -0.39 is 0 Å². The van der Waals surface area contributed by atoms with Crippen LogP contribution >= 0.6 is 11.6 Å². The lowest BCUT2D eigenvalue weighted by Gasteiger charge is -2.10. The van der Waals surface area contributed by atoms with Crippen LogP contribution in [-0.4, -0.2) is 22.3 Å². The number of alkyl halides is 1. The lowest BCUT2D eigenvalue weighted by molar-refractivity contribution is 0.302. The Balaban J connectivity index is 2.13. The molecule has 1 aliphatic heterocycles. The highest BCUT2D eigenvalue weighted by Gasteiger charge is 2.19. The smallest absolute Gasteiger partial charge is 0.239 e. The summed E-state index contributed by atoms with van der Waals surface area (Å²) in [5.41, 5.74) is 3.09. The zero-order valence-corrected chi connectivity index (χ0v) is 7.82. The molecule has 0 aromatic carbocycles. The molecule has 6 heteroatoms. The number of rotatable bonds is 2. The summed E-state index contributed by atoms with van der Waals surface area (Å²) in [5, 5.41) is 9.45. The number of hydrazine groups is 1. The van der Waals surface area contributed by atoms with Crippen molar-refractivity contribution >= 4 is 11.6 Å². The highest BCUT2D eigenvalue weighted by Crippen LogP contribution is 2.17. The second-order valence-electron chi connectivity index (χ2n) is 2.73. The van der Waals surface area contributed by atoms with Crippen LogP contribution < -0.4 is 5.43 Å². The van der Waals surface area contributed by atoms with Gasteiger partial charge in [0.2, 0.25) is 11.8 Å². The molecule has 0 saturated carbocycles. The fourth-order valence-corrected chi connectivity index (χ4v) is 1.21. The van der Waals surface area contributed by atoms with Gasteiger partial charge in [0.25, 0.3) is 0 Å². The Morgan fingerprint density at radius 3 is 3.08 bits per heavy atom. The van der Waals surface area contributed by atoms with Crippen LogP contribution in [0.3, 0.4) is 0 Å². The van der Waals surface area contributed by atoms with Crippen molar-refractivity contribution in [3.8, 4) is 0 Å². The third-order valence-electron chi connectivity index (χ3n) is 1.71. The average molecular weight is 201 g/mol. The van der Waals surface area contributed by atoms with Crippen LogP contribution in [-0.2, 0) is 5.88 Å². The summed E-state index contributed by atoms with van der Waals surface area (Å²) in [5.74, 6) is 1.23. The molecule has 1 aromatic heterocycles.